The molecule has 0 aliphatic heterocycles. The molecule has 11 rings (SSSR count). The van der Waals surface area contributed by atoms with Crippen molar-refractivity contribution in [1.82, 2.24) is 4.98 Å². The highest BCUT2D eigenvalue weighted by molar-refractivity contribution is 7.26. The third-order valence-corrected chi connectivity index (χ3v) is 11.7. The highest BCUT2D eigenvalue weighted by Crippen LogP contribution is 2.48. The van der Waals surface area contributed by atoms with Gasteiger partial charge in [-0.1, -0.05) is 66.7 Å². The van der Waals surface area contributed by atoms with E-state index in [4.69, 9.17) is 13.8 Å². The van der Waals surface area contributed by atoms with Gasteiger partial charge in [-0.25, -0.2) is 4.98 Å². The Labute approximate surface area is 287 Å². The fraction of sp³-hybridized carbons (Fsp3) is 0. The van der Waals surface area contributed by atoms with Crippen molar-refractivity contribution >= 4 is 113 Å². The Morgan fingerprint density at radius 2 is 1.16 bits per heavy atom. The van der Waals surface area contributed by atoms with E-state index in [1.165, 1.54) is 35.0 Å². The average Bonchev–Trinajstić information content (AvgIpc) is 3.92. The first-order chi connectivity index (χ1) is 24.2. The van der Waals surface area contributed by atoms with Gasteiger partial charge >= 0.3 is 0 Å². The Morgan fingerprint density at radius 3 is 2.10 bits per heavy atom. The van der Waals surface area contributed by atoms with Crippen LogP contribution in [0.1, 0.15) is 0 Å². The van der Waals surface area contributed by atoms with Crippen LogP contribution in [0.3, 0.4) is 0 Å². The van der Waals surface area contributed by atoms with Crippen molar-refractivity contribution in [3.63, 3.8) is 0 Å². The number of para-hydroxylation sites is 1. The molecule has 4 aromatic heterocycles. The molecule has 0 amide bonds. The minimum absolute atomic E-state index is 0.636. The number of furan rings is 1. The number of oxazole rings is 1. The van der Waals surface area contributed by atoms with Crippen LogP contribution in [0.4, 0.5) is 17.1 Å². The molecule has 0 unspecified atom stereocenters. The van der Waals surface area contributed by atoms with Gasteiger partial charge in [-0.3, -0.25) is 0 Å². The van der Waals surface area contributed by atoms with Crippen LogP contribution >= 0.6 is 22.7 Å². The maximum atomic E-state index is 6.38. The summed E-state index contributed by atoms with van der Waals surface area (Å²) >= 11 is 3.63. The number of rotatable bonds is 4. The first-order valence-electron chi connectivity index (χ1n) is 16.2. The molecule has 230 valence electrons. The molecule has 0 atom stereocenters. The molecule has 7 aromatic carbocycles. The maximum absolute atomic E-state index is 6.38. The van der Waals surface area contributed by atoms with Crippen molar-refractivity contribution in [3.05, 3.63) is 146 Å². The van der Waals surface area contributed by atoms with E-state index >= 15 is 0 Å². The fourth-order valence-electron chi connectivity index (χ4n) is 7.25. The summed E-state index contributed by atoms with van der Waals surface area (Å²) in [5.74, 6) is 0.636. The van der Waals surface area contributed by atoms with Gasteiger partial charge in [0.05, 0.1) is 5.69 Å². The summed E-state index contributed by atoms with van der Waals surface area (Å²) in [5.41, 5.74) is 7.67. The topological polar surface area (TPSA) is 42.4 Å². The summed E-state index contributed by atoms with van der Waals surface area (Å²) in [6.07, 6.45) is 0. The van der Waals surface area contributed by atoms with Crippen LogP contribution in [-0.2, 0) is 0 Å². The number of benzene rings is 7. The molecule has 0 aliphatic rings. The monoisotopic (exact) mass is 664 g/mol. The van der Waals surface area contributed by atoms with Gasteiger partial charge in [-0.2, -0.15) is 0 Å². The molecule has 0 saturated carbocycles. The van der Waals surface area contributed by atoms with Crippen LogP contribution in [0.25, 0.3) is 84.8 Å². The Balaban J connectivity index is 1.18. The number of hydrogen-bond donors (Lipinski definition) is 0. The molecule has 4 heterocycles. The molecule has 11 aromatic rings. The molecule has 0 saturated heterocycles. The lowest BCUT2D eigenvalue weighted by molar-refractivity contribution is 0.620. The van der Waals surface area contributed by atoms with Crippen LogP contribution in [0.2, 0.25) is 0 Å². The van der Waals surface area contributed by atoms with Gasteiger partial charge in [-0.15, -0.1) is 22.7 Å². The van der Waals surface area contributed by atoms with E-state index in [0.29, 0.717) is 5.89 Å². The maximum Gasteiger partial charge on any atom is 0.227 e. The standard InChI is InChI=1S/C43H24N2O2S2/c1-2-9-25(10-3-1)43-44-33-24-41-32(23-37(33)47-43)42-34(13-8-16-39(42)49-41)45(26-18-20-36-31(21-26)28-11-4-6-14-35(28)46-36)27-17-19-30-29-12-5-7-15-38(29)48-40(30)22-27/h1-24H. The van der Waals surface area contributed by atoms with Gasteiger partial charge in [0.1, 0.15) is 16.7 Å². The number of fused-ring (bicyclic) bond motifs is 10. The molecule has 0 radical (unpaired) electrons. The van der Waals surface area contributed by atoms with E-state index in [1.54, 1.807) is 11.3 Å². The highest BCUT2D eigenvalue weighted by atomic mass is 32.1. The third kappa shape index (κ3) is 4.11. The van der Waals surface area contributed by atoms with Gasteiger partial charge in [0.25, 0.3) is 0 Å². The predicted molar refractivity (Wildman–Crippen MR) is 207 cm³/mol. The molecule has 49 heavy (non-hydrogen) atoms. The lowest BCUT2D eigenvalue weighted by Gasteiger charge is -2.26. The number of hydrogen-bond acceptors (Lipinski definition) is 6. The summed E-state index contributed by atoms with van der Waals surface area (Å²) in [7, 11) is 0. The SMILES string of the molecule is c1ccc(-c2nc3cc4sc5cccc(N(c6ccc7c(c6)sc6ccccc67)c6ccc7oc8ccccc8c7c6)c5c4cc3o2)cc1. The Hall–Kier alpha value is -5.95. The van der Waals surface area contributed by atoms with E-state index < -0.39 is 0 Å². The van der Waals surface area contributed by atoms with Gasteiger partial charge in [0, 0.05) is 68.1 Å². The number of aromatic nitrogens is 1. The summed E-state index contributed by atoms with van der Waals surface area (Å²) in [6.45, 7) is 0. The average molecular weight is 665 g/mol. The number of nitrogens with zero attached hydrogens (tertiary/aromatic N) is 2. The lowest BCUT2D eigenvalue weighted by atomic mass is 10.1. The van der Waals surface area contributed by atoms with Crippen molar-refractivity contribution in [2.24, 2.45) is 0 Å². The van der Waals surface area contributed by atoms with E-state index in [-0.39, 0.29) is 0 Å². The van der Waals surface area contributed by atoms with Gasteiger partial charge in [-0.05, 0) is 78.9 Å². The Kier molecular flexibility index (Phi) is 5.67. The minimum atomic E-state index is 0.636. The van der Waals surface area contributed by atoms with Gasteiger partial charge in [0.15, 0.2) is 5.58 Å². The van der Waals surface area contributed by atoms with E-state index in [0.717, 1.165) is 61.1 Å². The molecule has 0 aliphatic carbocycles. The van der Waals surface area contributed by atoms with E-state index in [2.05, 4.69) is 108 Å². The zero-order valence-electron chi connectivity index (χ0n) is 25.9. The molecular formula is C43H24N2O2S2. The minimum Gasteiger partial charge on any atom is -0.456 e. The molecule has 4 nitrogen and oxygen atoms in total. The molecule has 0 N–H and O–H groups in total. The highest BCUT2D eigenvalue weighted by Gasteiger charge is 2.22. The van der Waals surface area contributed by atoms with Crippen LogP contribution in [0.15, 0.2) is 154 Å². The second-order valence-corrected chi connectivity index (χ2v) is 14.5. The third-order valence-electron chi connectivity index (χ3n) is 9.48. The van der Waals surface area contributed by atoms with Gasteiger partial charge in [0.2, 0.25) is 5.89 Å². The summed E-state index contributed by atoms with van der Waals surface area (Å²) in [4.78, 5) is 7.28. The summed E-state index contributed by atoms with van der Waals surface area (Å²) in [6, 6.07) is 51.4. The molecule has 6 heteroatoms. The largest absolute Gasteiger partial charge is 0.456 e. The second-order valence-electron chi connectivity index (χ2n) is 12.3. The van der Waals surface area contributed by atoms with Crippen LogP contribution in [-0.4, -0.2) is 4.98 Å². The quantitative estimate of drug-likeness (QED) is 0.188. The van der Waals surface area contributed by atoms with E-state index in [9.17, 15) is 0 Å². The van der Waals surface area contributed by atoms with Crippen molar-refractivity contribution < 1.29 is 8.83 Å². The van der Waals surface area contributed by atoms with Crippen LogP contribution in [0, 0.1) is 0 Å². The normalized spacial score (nSPS) is 12.1. The summed E-state index contributed by atoms with van der Waals surface area (Å²) < 4.78 is 17.6. The molecular weight excluding hydrogens is 641 g/mol. The van der Waals surface area contributed by atoms with Crippen molar-refractivity contribution in [2.45, 2.75) is 0 Å². The van der Waals surface area contributed by atoms with Crippen molar-refractivity contribution in [3.8, 4) is 11.5 Å². The first-order valence-corrected chi connectivity index (χ1v) is 17.8. The fourth-order valence-corrected chi connectivity index (χ4v) is 9.53. The van der Waals surface area contributed by atoms with Crippen molar-refractivity contribution in [2.75, 3.05) is 4.90 Å². The predicted octanol–water partition coefficient (Wildman–Crippen LogP) is 13.6. The second kappa shape index (κ2) is 10.3. The first kappa shape index (κ1) is 27.0. The molecule has 0 bridgehead atoms. The number of thiophene rings is 2. The zero-order chi connectivity index (χ0) is 32.1. The van der Waals surface area contributed by atoms with Crippen LogP contribution in [0.5, 0.6) is 0 Å². The smallest absolute Gasteiger partial charge is 0.227 e. The zero-order valence-corrected chi connectivity index (χ0v) is 27.5. The van der Waals surface area contributed by atoms with Crippen LogP contribution < -0.4 is 4.90 Å². The Bertz CT molecular complexity index is 3080. The molecule has 0 spiro atoms. The van der Waals surface area contributed by atoms with E-state index in [1.807, 2.05) is 53.8 Å². The Morgan fingerprint density at radius 1 is 0.449 bits per heavy atom. The summed E-state index contributed by atoms with van der Waals surface area (Å²) in [5, 5.41) is 7.13. The van der Waals surface area contributed by atoms with Crippen molar-refractivity contribution in [1.29, 1.82) is 0 Å². The number of anilines is 3. The lowest BCUT2D eigenvalue weighted by Crippen LogP contribution is -2.10. The van der Waals surface area contributed by atoms with Gasteiger partial charge < -0.3 is 13.7 Å². The molecule has 0 fully saturated rings.